The Labute approximate surface area is 239 Å². The summed E-state index contributed by atoms with van der Waals surface area (Å²) in [7, 11) is 3.46. The predicted molar refractivity (Wildman–Crippen MR) is 154 cm³/mol. The van der Waals surface area contributed by atoms with E-state index in [1.807, 2.05) is 37.4 Å². The van der Waals surface area contributed by atoms with Gasteiger partial charge in [0.05, 0.1) is 34.8 Å². The number of carbonyl (C=O) groups excluding carboxylic acids is 2. The van der Waals surface area contributed by atoms with Crippen molar-refractivity contribution in [2.45, 2.75) is 52.1 Å². The molecule has 3 aromatic heterocycles. The molecule has 2 fully saturated rings. The second-order valence-electron chi connectivity index (χ2n) is 11.5. The highest BCUT2D eigenvalue weighted by atomic mass is 16.5. The molecule has 1 unspecified atom stereocenters. The first kappa shape index (κ1) is 26.9. The fraction of sp³-hybridized carbons (Fsp3) is 0.419. The third-order valence-corrected chi connectivity index (χ3v) is 8.26. The molecule has 4 heterocycles. The summed E-state index contributed by atoms with van der Waals surface area (Å²) in [5.74, 6) is 0.968. The maximum Gasteiger partial charge on any atom is 0.274 e. The van der Waals surface area contributed by atoms with Gasteiger partial charge in [-0.3, -0.25) is 9.59 Å². The first-order valence-electron chi connectivity index (χ1n) is 14.1. The minimum atomic E-state index is -0.193. The van der Waals surface area contributed by atoms with Crippen LogP contribution in [-0.4, -0.2) is 79.7 Å². The number of hydrogen-bond acceptors (Lipinski definition) is 7. The van der Waals surface area contributed by atoms with Crippen molar-refractivity contribution in [2.75, 3.05) is 27.2 Å². The third-order valence-electron chi connectivity index (χ3n) is 8.26. The summed E-state index contributed by atoms with van der Waals surface area (Å²) in [5.41, 5.74) is 6.91. The van der Waals surface area contributed by atoms with E-state index in [0.717, 1.165) is 53.3 Å². The maximum absolute atomic E-state index is 12.7. The molecule has 10 heteroatoms. The third kappa shape index (κ3) is 5.14. The molecule has 0 N–H and O–H groups in total. The van der Waals surface area contributed by atoms with E-state index in [1.54, 1.807) is 30.0 Å². The minimum absolute atomic E-state index is 0.0457. The van der Waals surface area contributed by atoms with Crippen LogP contribution in [0.1, 0.15) is 58.3 Å². The fourth-order valence-corrected chi connectivity index (χ4v) is 5.93. The Balaban J connectivity index is 1.07. The van der Waals surface area contributed by atoms with Gasteiger partial charge in [-0.2, -0.15) is 5.10 Å². The summed E-state index contributed by atoms with van der Waals surface area (Å²) in [5, 5.41) is 13.1. The molecule has 0 spiro atoms. The SMILES string of the molecule is Cc1cc2nc(C)c(O[C@@H]3CCC(c4ccc(-c5ccc(C(=O)N6CC(C(=O)N(C)C)C6)nn5)cc4)C3)c(C)n2n1. The van der Waals surface area contributed by atoms with Gasteiger partial charge in [0, 0.05) is 38.8 Å². The van der Waals surface area contributed by atoms with Gasteiger partial charge in [0.1, 0.15) is 0 Å². The number of likely N-dealkylation sites (tertiary alicyclic amines) is 1. The monoisotopic (exact) mass is 553 g/mol. The fourth-order valence-electron chi connectivity index (χ4n) is 5.93. The Hall–Kier alpha value is -4.34. The van der Waals surface area contributed by atoms with E-state index in [4.69, 9.17) is 9.72 Å². The molecule has 1 aromatic carbocycles. The van der Waals surface area contributed by atoms with E-state index in [9.17, 15) is 9.59 Å². The lowest BCUT2D eigenvalue weighted by Crippen LogP contribution is -2.55. The molecular formula is C31H35N7O3. The first-order valence-corrected chi connectivity index (χ1v) is 14.1. The van der Waals surface area contributed by atoms with Gasteiger partial charge in [-0.25, -0.2) is 9.50 Å². The summed E-state index contributed by atoms with van der Waals surface area (Å²) in [6.45, 7) is 6.84. The number of amides is 2. The van der Waals surface area contributed by atoms with Crippen molar-refractivity contribution in [3.8, 4) is 17.0 Å². The second-order valence-corrected chi connectivity index (χ2v) is 11.5. The highest BCUT2D eigenvalue weighted by Crippen LogP contribution is 2.38. The summed E-state index contributed by atoms with van der Waals surface area (Å²) in [4.78, 5) is 32.7. The Morgan fingerprint density at radius 3 is 2.41 bits per heavy atom. The van der Waals surface area contributed by atoms with Crippen LogP contribution in [0.4, 0.5) is 0 Å². The van der Waals surface area contributed by atoms with Gasteiger partial charge in [-0.1, -0.05) is 24.3 Å². The average molecular weight is 554 g/mol. The van der Waals surface area contributed by atoms with Gasteiger partial charge in [0.25, 0.3) is 5.91 Å². The van der Waals surface area contributed by atoms with E-state index in [1.165, 1.54) is 5.56 Å². The first-order chi connectivity index (χ1) is 19.7. The molecule has 10 nitrogen and oxygen atoms in total. The van der Waals surface area contributed by atoms with Gasteiger partial charge in [0.2, 0.25) is 5.91 Å². The van der Waals surface area contributed by atoms with Crippen LogP contribution in [0.5, 0.6) is 5.75 Å². The van der Waals surface area contributed by atoms with E-state index < -0.39 is 0 Å². The maximum atomic E-state index is 12.7. The van der Waals surface area contributed by atoms with Crippen LogP contribution in [-0.2, 0) is 4.79 Å². The quantitative estimate of drug-likeness (QED) is 0.356. The van der Waals surface area contributed by atoms with Gasteiger partial charge >= 0.3 is 0 Å². The van der Waals surface area contributed by atoms with Crippen molar-refractivity contribution in [1.82, 2.24) is 34.6 Å². The molecule has 0 bridgehead atoms. The van der Waals surface area contributed by atoms with Crippen LogP contribution >= 0.6 is 0 Å². The van der Waals surface area contributed by atoms with Gasteiger partial charge < -0.3 is 14.5 Å². The van der Waals surface area contributed by atoms with Crippen molar-refractivity contribution >= 4 is 17.5 Å². The standard InChI is InChI=1S/C31H35N7O3/c1-18-14-28-32-19(2)29(20(3)38(28)35-18)41-25-11-10-23(15-25)21-6-8-22(9-7-21)26-12-13-27(34-33-26)31(40)37-16-24(17-37)30(39)36(4)5/h6-9,12-14,23-25H,10-11,15-17H2,1-5H3/t23?,25-/m1/s1. The highest BCUT2D eigenvalue weighted by molar-refractivity contribution is 5.94. The Morgan fingerprint density at radius 2 is 1.73 bits per heavy atom. The van der Waals surface area contributed by atoms with E-state index >= 15 is 0 Å². The number of rotatable bonds is 6. The Morgan fingerprint density at radius 1 is 0.976 bits per heavy atom. The number of fused-ring (bicyclic) bond motifs is 1. The molecule has 4 aromatic rings. The molecule has 1 aliphatic carbocycles. The molecule has 0 radical (unpaired) electrons. The molecule has 2 atom stereocenters. The molecule has 1 saturated heterocycles. The lowest BCUT2D eigenvalue weighted by molar-refractivity contribution is -0.137. The highest BCUT2D eigenvalue weighted by Gasteiger charge is 2.37. The molecular weight excluding hydrogens is 518 g/mol. The van der Waals surface area contributed by atoms with E-state index in [0.29, 0.717) is 30.4 Å². The van der Waals surface area contributed by atoms with Crippen LogP contribution in [0, 0.1) is 26.7 Å². The molecule has 2 aliphatic rings. The molecule has 1 saturated carbocycles. The zero-order valence-corrected chi connectivity index (χ0v) is 24.2. The zero-order chi connectivity index (χ0) is 28.8. The van der Waals surface area contributed by atoms with Crippen molar-refractivity contribution in [2.24, 2.45) is 5.92 Å². The molecule has 212 valence electrons. The average Bonchev–Trinajstić information content (AvgIpc) is 3.56. The number of hydrogen-bond donors (Lipinski definition) is 0. The number of aromatic nitrogens is 5. The molecule has 2 amide bonds. The molecule has 41 heavy (non-hydrogen) atoms. The summed E-state index contributed by atoms with van der Waals surface area (Å²) >= 11 is 0. The van der Waals surface area contributed by atoms with Crippen LogP contribution in [0.3, 0.4) is 0 Å². The zero-order valence-electron chi connectivity index (χ0n) is 24.2. The number of benzene rings is 1. The molecule has 6 rings (SSSR count). The number of ether oxygens (including phenoxy) is 1. The van der Waals surface area contributed by atoms with Crippen LogP contribution in [0.25, 0.3) is 16.9 Å². The lowest BCUT2D eigenvalue weighted by atomic mass is 9.96. The summed E-state index contributed by atoms with van der Waals surface area (Å²) < 4.78 is 8.36. The van der Waals surface area contributed by atoms with Gasteiger partial charge in [-0.05, 0) is 63.6 Å². The van der Waals surface area contributed by atoms with Crippen LogP contribution < -0.4 is 4.74 Å². The summed E-state index contributed by atoms with van der Waals surface area (Å²) in [6, 6.07) is 14.0. The Bertz CT molecular complexity index is 1610. The normalized spacial score (nSPS) is 18.9. The summed E-state index contributed by atoms with van der Waals surface area (Å²) in [6.07, 6.45) is 3.13. The number of carbonyl (C=O) groups is 2. The minimum Gasteiger partial charge on any atom is -0.487 e. The van der Waals surface area contributed by atoms with E-state index in [2.05, 4.69) is 39.6 Å². The van der Waals surface area contributed by atoms with Crippen LogP contribution in [0.15, 0.2) is 42.5 Å². The van der Waals surface area contributed by atoms with Crippen molar-refractivity contribution in [1.29, 1.82) is 0 Å². The number of nitrogens with zero attached hydrogens (tertiary/aromatic N) is 7. The van der Waals surface area contributed by atoms with Crippen molar-refractivity contribution in [3.05, 3.63) is 70.8 Å². The van der Waals surface area contributed by atoms with Crippen LogP contribution in [0.2, 0.25) is 0 Å². The predicted octanol–water partition coefficient (Wildman–Crippen LogP) is 3.99. The molecule has 1 aliphatic heterocycles. The Kier molecular flexibility index (Phi) is 6.93. The van der Waals surface area contributed by atoms with Crippen molar-refractivity contribution < 1.29 is 14.3 Å². The largest absolute Gasteiger partial charge is 0.487 e. The smallest absolute Gasteiger partial charge is 0.274 e. The van der Waals surface area contributed by atoms with Gasteiger partial charge in [0.15, 0.2) is 17.1 Å². The topological polar surface area (TPSA) is 106 Å². The lowest BCUT2D eigenvalue weighted by Gasteiger charge is -2.38. The number of aryl methyl sites for hydroxylation is 3. The van der Waals surface area contributed by atoms with Gasteiger partial charge in [-0.15, -0.1) is 10.2 Å². The second kappa shape index (κ2) is 10.6. The van der Waals surface area contributed by atoms with Crippen molar-refractivity contribution in [3.63, 3.8) is 0 Å². The van der Waals surface area contributed by atoms with E-state index in [-0.39, 0.29) is 23.8 Å².